The molecule has 5 heteroatoms. The van der Waals surface area contributed by atoms with E-state index in [-0.39, 0.29) is 6.10 Å². The van der Waals surface area contributed by atoms with Crippen LogP contribution >= 0.6 is 0 Å². The SMILES string of the molecule is CCCC(OC)c1noc(CCCC#N)n1. The lowest BCUT2D eigenvalue weighted by molar-refractivity contribution is 0.0854. The Morgan fingerprint density at radius 2 is 2.38 bits per heavy atom. The van der Waals surface area contributed by atoms with Crippen LogP contribution in [0.15, 0.2) is 4.52 Å². The summed E-state index contributed by atoms with van der Waals surface area (Å²) in [6.45, 7) is 2.08. The van der Waals surface area contributed by atoms with Crippen LogP contribution < -0.4 is 0 Å². The van der Waals surface area contributed by atoms with Crippen molar-refractivity contribution in [2.75, 3.05) is 7.11 Å². The number of rotatable bonds is 7. The smallest absolute Gasteiger partial charge is 0.226 e. The first-order chi connectivity index (χ1) is 7.81. The first-order valence-electron chi connectivity index (χ1n) is 5.54. The average Bonchev–Trinajstić information content (AvgIpc) is 2.75. The molecule has 1 unspecified atom stereocenters. The predicted octanol–water partition coefficient (Wildman–Crippen LogP) is 2.40. The second-order valence-electron chi connectivity index (χ2n) is 3.57. The number of nitriles is 1. The molecule has 0 aromatic carbocycles. The van der Waals surface area contributed by atoms with Gasteiger partial charge in [-0.1, -0.05) is 18.5 Å². The molecule has 5 nitrogen and oxygen atoms in total. The Morgan fingerprint density at radius 1 is 1.56 bits per heavy atom. The molecule has 1 heterocycles. The van der Waals surface area contributed by atoms with Gasteiger partial charge in [0.1, 0.15) is 6.10 Å². The third-order valence-electron chi connectivity index (χ3n) is 2.29. The number of nitrogens with zero attached hydrogens (tertiary/aromatic N) is 3. The topological polar surface area (TPSA) is 71.9 Å². The summed E-state index contributed by atoms with van der Waals surface area (Å²) in [6.07, 6.45) is 3.73. The van der Waals surface area contributed by atoms with Crippen molar-refractivity contribution in [2.24, 2.45) is 0 Å². The van der Waals surface area contributed by atoms with Crippen LogP contribution in [0.2, 0.25) is 0 Å². The van der Waals surface area contributed by atoms with Crippen molar-refractivity contribution in [3.8, 4) is 6.07 Å². The van der Waals surface area contributed by atoms with Gasteiger partial charge in [0.25, 0.3) is 0 Å². The highest BCUT2D eigenvalue weighted by atomic mass is 16.5. The third-order valence-corrected chi connectivity index (χ3v) is 2.29. The second kappa shape index (κ2) is 6.96. The number of aromatic nitrogens is 2. The van der Waals surface area contributed by atoms with E-state index in [4.69, 9.17) is 14.5 Å². The highest BCUT2D eigenvalue weighted by Gasteiger charge is 2.16. The lowest BCUT2D eigenvalue weighted by atomic mass is 10.2. The minimum atomic E-state index is -0.0848. The molecule has 0 aliphatic rings. The van der Waals surface area contributed by atoms with Crippen molar-refractivity contribution in [1.29, 1.82) is 5.26 Å². The zero-order chi connectivity index (χ0) is 11.8. The van der Waals surface area contributed by atoms with Crippen molar-refractivity contribution in [2.45, 2.75) is 45.1 Å². The molecule has 0 aliphatic carbocycles. The van der Waals surface area contributed by atoms with E-state index in [0.29, 0.717) is 24.6 Å². The number of unbranched alkanes of at least 4 members (excludes halogenated alkanes) is 1. The summed E-state index contributed by atoms with van der Waals surface area (Å²) in [5.41, 5.74) is 0. The summed E-state index contributed by atoms with van der Waals surface area (Å²) in [5, 5.41) is 12.3. The monoisotopic (exact) mass is 223 g/mol. The molecule has 0 bridgehead atoms. The van der Waals surface area contributed by atoms with Crippen LogP contribution in [0.5, 0.6) is 0 Å². The molecular formula is C11H17N3O2. The van der Waals surface area contributed by atoms with Crippen molar-refractivity contribution in [3.63, 3.8) is 0 Å². The molecule has 0 aliphatic heterocycles. The fourth-order valence-corrected chi connectivity index (χ4v) is 1.43. The van der Waals surface area contributed by atoms with E-state index in [1.807, 2.05) is 0 Å². The zero-order valence-electron chi connectivity index (χ0n) is 9.77. The molecule has 16 heavy (non-hydrogen) atoms. The summed E-state index contributed by atoms with van der Waals surface area (Å²) in [5.74, 6) is 1.19. The lowest BCUT2D eigenvalue weighted by Crippen LogP contribution is -2.03. The van der Waals surface area contributed by atoms with Crippen molar-refractivity contribution in [1.82, 2.24) is 10.1 Å². The van der Waals surface area contributed by atoms with Gasteiger partial charge in [-0.3, -0.25) is 0 Å². The Hall–Kier alpha value is -1.41. The van der Waals surface area contributed by atoms with Crippen molar-refractivity contribution < 1.29 is 9.26 Å². The van der Waals surface area contributed by atoms with Gasteiger partial charge >= 0.3 is 0 Å². The minimum absolute atomic E-state index is 0.0848. The Balaban J connectivity index is 2.52. The molecule has 88 valence electrons. The molecule has 0 saturated carbocycles. The summed E-state index contributed by atoms with van der Waals surface area (Å²) in [6, 6.07) is 2.08. The highest BCUT2D eigenvalue weighted by molar-refractivity contribution is 4.91. The van der Waals surface area contributed by atoms with E-state index in [1.165, 1.54) is 0 Å². The van der Waals surface area contributed by atoms with Gasteiger partial charge in [-0.25, -0.2) is 0 Å². The van der Waals surface area contributed by atoms with Crippen LogP contribution in [0.1, 0.15) is 50.4 Å². The molecule has 0 spiro atoms. The largest absolute Gasteiger partial charge is 0.373 e. The van der Waals surface area contributed by atoms with Gasteiger partial charge < -0.3 is 9.26 Å². The number of aryl methyl sites for hydroxylation is 1. The second-order valence-corrected chi connectivity index (χ2v) is 3.57. The summed E-state index contributed by atoms with van der Waals surface area (Å²) in [4.78, 5) is 4.26. The fourth-order valence-electron chi connectivity index (χ4n) is 1.43. The van der Waals surface area contributed by atoms with Crippen LogP contribution in [0.3, 0.4) is 0 Å². The van der Waals surface area contributed by atoms with E-state index in [0.717, 1.165) is 19.3 Å². The first-order valence-corrected chi connectivity index (χ1v) is 5.54. The lowest BCUT2D eigenvalue weighted by Gasteiger charge is -2.08. The third kappa shape index (κ3) is 3.63. The van der Waals surface area contributed by atoms with Gasteiger partial charge in [0.15, 0.2) is 0 Å². The van der Waals surface area contributed by atoms with Crippen molar-refractivity contribution >= 4 is 0 Å². The van der Waals surface area contributed by atoms with Crippen LogP contribution in [-0.2, 0) is 11.2 Å². The Labute approximate surface area is 95.4 Å². The average molecular weight is 223 g/mol. The Bertz CT molecular complexity index is 343. The molecule has 0 fully saturated rings. The molecule has 1 aromatic rings. The quantitative estimate of drug-likeness (QED) is 0.664. The van der Waals surface area contributed by atoms with Gasteiger partial charge in [-0.05, 0) is 12.8 Å². The summed E-state index contributed by atoms with van der Waals surface area (Å²) < 4.78 is 10.4. The van der Waals surface area contributed by atoms with Gasteiger partial charge in [0, 0.05) is 20.0 Å². The van der Waals surface area contributed by atoms with Gasteiger partial charge in [0.05, 0.1) is 6.07 Å². The van der Waals surface area contributed by atoms with Gasteiger partial charge in [0.2, 0.25) is 11.7 Å². The number of methoxy groups -OCH3 is 1. The van der Waals surface area contributed by atoms with E-state index in [2.05, 4.69) is 23.1 Å². The molecule has 0 radical (unpaired) electrons. The minimum Gasteiger partial charge on any atom is -0.373 e. The predicted molar refractivity (Wildman–Crippen MR) is 57.5 cm³/mol. The molecule has 1 aromatic heterocycles. The Kier molecular flexibility index (Phi) is 5.51. The van der Waals surface area contributed by atoms with E-state index < -0.39 is 0 Å². The normalized spacial score (nSPS) is 12.3. The fraction of sp³-hybridized carbons (Fsp3) is 0.727. The van der Waals surface area contributed by atoms with E-state index in [9.17, 15) is 0 Å². The number of ether oxygens (including phenoxy) is 1. The number of hydrogen-bond donors (Lipinski definition) is 0. The number of hydrogen-bond acceptors (Lipinski definition) is 5. The van der Waals surface area contributed by atoms with Gasteiger partial charge in [-0.2, -0.15) is 10.2 Å². The maximum atomic E-state index is 8.41. The molecular weight excluding hydrogens is 206 g/mol. The highest BCUT2D eigenvalue weighted by Crippen LogP contribution is 2.19. The van der Waals surface area contributed by atoms with E-state index in [1.54, 1.807) is 7.11 Å². The zero-order valence-corrected chi connectivity index (χ0v) is 9.77. The molecule has 1 rings (SSSR count). The van der Waals surface area contributed by atoms with E-state index >= 15 is 0 Å². The van der Waals surface area contributed by atoms with Crippen LogP contribution in [0, 0.1) is 11.3 Å². The maximum absolute atomic E-state index is 8.41. The van der Waals surface area contributed by atoms with Gasteiger partial charge in [-0.15, -0.1) is 0 Å². The molecule has 0 N–H and O–H groups in total. The maximum Gasteiger partial charge on any atom is 0.226 e. The molecule has 0 saturated heterocycles. The Morgan fingerprint density at radius 3 is 3.00 bits per heavy atom. The van der Waals surface area contributed by atoms with Crippen LogP contribution in [-0.4, -0.2) is 17.3 Å². The standard InChI is InChI=1S/C11H17N3O2/c1-3-6-9(15-2)11-13-10(16-14-11)7-4-5-8-12/h9H,3-7H2,1-2H3. The summed E-state index contributed by atoms with van der Waals surface area (Å²) in [7, 11) is 1.64. The van der Waals surface area contributed by atoms with Crippen molar-refractivity contribution in [3.05, 3.63) is 11.7 Å². The van der Waals surface area contributed by atoms with Crippen LogP contribution in [0.4, 0.5) is 0 Å². The molecule has 1 atom stereocenters. The summed E-state index contributed by atoms with van der Waals surface area (Å²) >= 11 is 0. The first kappa shape index (κ1) is 12.7. The molecule has 0 amide bonds. The van der Waals surface area contributed by atoms with Crippen LogP contribution in [0.25, 0.3) is 0 Å².